The fourth-order valence-corrected chi connectivity index (χ4v) is 2.37. The van der Waals surface area contributed by atoms with Gasteiger partial charge in [0, 0.05) is 38.2 Å². The Morgan fingerprint density at radius 1 is 1.50 bits per heavy atom. The van der Waals surface area contributed by atoms with Crippen molar-refractivity contribution < 1.29 is 9.53 Å². The van der Waals surface area contributed by atoms with Crippen LogP contribution in [0.2, 0.25) is 0 Å². The van der Waals surface area contributed by atoms with E-state index in [2.05, 4.69) is 16.9 Å². The molecular weight excluding hydrogens is 230 g/mol. The maximum Gasteiger partial charge on any atom is 0.139 e. The fourth-order valence-electron chi connectivity index (χ4n) is 2.37. The fraction of sp³-hybridized carbons (Fsp3) is 0.692. The topological polar surface area (TPSA) is 47.4 Å². The number of hydrogen-bond donors (Lipinski definition) is 0. The minimum absolute atomic E-state index is 0.0982. The van der Waals surface area contributed by atoms with Crippen molar-refractivity contribution in [2.24, 2.45) is 5.92 Å². The van der Waals surface area contributed by atoms with E-state index in [9.17, 15) is 4.79 Å². The number of aromatic nitrogens is 2. The van der Waals surface area contributed by atoms with Gasteiger partial charge in [0.25, 0.3) is 0 Å². The Morgan fingerprint density at radius 2 is 2.28 bits per heavy atom. The molecular formula is C13H21N3O2. The van der Waals surface area contributed by atoms with Crippen molar-refractivity contribution in [3.8, 4) is 0 Å². The lowest BCUT2D eigenvalue weighted by atomic mass is 9.90. The first-order valence-electron chi connectivity index (χ1n) is 6.44. The van der Waals surface area contributed by atoms with Gasteiger partial charge in [-0.2, -0.15) is 5.10 Å². The van der Waals surface area contributed by atoms with Gasteiger partial charge in [0.15, 0.2) is 0 Å². The molecule has 0 aliphatic carbocycles. The highest BCUT2D eigenvalue weighted by Gasteiger charge is 2.31. The maximum atomic E-state index is 11.7. The predicted molar refractivity (Wildman–Crippen MR) is 69.7 cm³/mol. The van der Waals surface area contributed by atoms with Gasteiger partial charge in [-0.25, -0.2) is 0 Å². The third kappa shape index (κ3) is 2.56. The third-order valence-corrected chi connectivity index (χ3v) is 3.80. The van der Waals surface area contributed by atoms with Crippen molar-refractivity contribution in [1.82, 2.24) is 9.78 Å². The molecule has 18 heavy (non-hydrogen) atoms. The first kappa shape index (κ1) is 13.1. The van der Waals surface area contributed by atoms with Gasteiger partial charge in [-0.1, -0.05) is 6.92 Å². The molecule has 1 aliphatic rings. The van der Waals surface area contributed by atoms with Crippen LogP contribution in [0.1, 0.15) is 20.3 Å². The Kier molecular flexibility index (Phi) is 4.01. The Labute approximate surface area is 108 Å². The highest BCUT2D eigenvalue weighted by molar-refractivity contribution is 5.83. The van der Waals surface area contributed by atoms with Crippen molar-refractivity contribution in [2.45, 2.75) is 32.9 Å². The summed E-state index contributed by atoms with van der Waals surface area (Å²) in [6, 6.07) is 0.242. The van der Waals surface area contributed by atoms with Crippen LogP contribution in [0.3, 0.4) is 0 Å². The Morgan fingerprint density at radius 3 is 3.00 bits per heavy atom. The second-order valence-corrected chi connectivity index (χ2v) is 4.89. The minimum Gasteiger partial charge on any atom is -0.383 e. The molecule has 0 saturated carbocycles. The zero-order valence-electron chi connectivity index (χ0n) is 11.3. The predicted octanol–water partition coefficient (Wildman–Crippen LogP) is 1.33. The largest absolute Gasteiger partial charge is 0.383 e. The summed E-state index contributed by atoms with van der Waals surface area (Å²) in [6.45, 7) is 6.32. The number of carbonyl (C=O) groups is 1. The molecule has 1 fully saturated rings. The molecule has 0 bridgehead atoms. The summed E-state index contributed by atoms with van der Waals surface area (Å²) in [4.78, 5) is 13.9. The molecule has 5 heteroatoms. The van der Waals surface area contributed by atoms with Gasteiger partial charge < -0.3 is 9.64 Å². The molecule has 0 N–H and O–H groups in total. The van der Waals surface area contributed by atoms with E-state index in [1.54, 1.807) is 7.11 Å². The van der Waals surface area contributed by atoms with E-state index in [1.165, 1.54) is 0 Å². The second kappa shape index (κ2) is 5.52. The maximum absolute atomic E-state index is 11.7. The lowest BCUT2D eigenvalue weighted by Crippen LogP contribution is -2.46. The van der Waals surface area contributed by atoms with Crippen LogP contribution < -0.4 is 4.90 Å². The van der Waals surface area contributed by atoms with Crippen molar-refractivity contribution in [3.63, 3.8) is 0 Å². The van der Waals surface area contributed by atoms with Gasteiger partial charge in [-0.3, -0.25) is 9.48 Å². The molecule has 5 nitrogen and oxygen atoms in total. The Bertz CT molecular complexity index is 416. The van der Waals surface area contributed by atoms with E-state index >= 15 is 0 Å². The Hall–Kier alpha value is -1.36. The number of hydrogen-bond acceptors (Lipinski definition) is 4. The van der Waals surface area contributed by atoms with Crippen LogP contribution in [-0.4, -0.2) is 41.9 Å². The molecule has 2 heterocycles. The van der Waals surface area contributed by atoms with E-state index < -0.39 is 0 Å². The van der Waals surface area contributed by atoms with Crippen LogP contribution in [0, 0.1) is 5.92 Å². The molecule has 0 radical (unpaired) electrons. The third-order valence-electron chi connectivity index (χ3n) is 3.80. The second-order valence-electron chi connectivity index (χ2n) is 4.89. The molecule has 0 amide bonds. The molecule has 2 unspecified atom stereocenters. The van der Waals surface area contributed by atoms with Gasteiger partial charge >= 0.3 is 0 Å². The highest BCUT2D eigenvalue weighted by atomic mass is 16.5. The first-order valence-corrected chi connectivity index (χ1v) is 6.44. The summed E-state index contributed by atoms with van der Waals surface area (Å²) in [5.41, 5.74) is 1.10. The van der Waals surface area contributed by atoms with Gasteiger partial charge in [0.1, 0.15) is 5.78 Å². The van der Waals surface area contributed by atoms with Crippen LogP contribution in [0.4, 0.5) is 5.69 Å². The van der Waals surface area contributed by atoms with E-state index in [-0.39, 0.29) is 12.0 Å². The standard InChI is InChI=1S/C13H21N3O2/c1-10-11(2)16(5-4-13(10)17)12-8-14-15(9-12)6-7-18-3/h8-11H,4-7H2,1-3H3. The average molecular weight is 251 g/mol. The zero-order chi connectivity index (χ0) is 13.1. The van der Waals surface area contributed by atoms with Crippen LogP contribution in [-0.2, 0) is 16.1 Å². The normalized spacial score (nSPS) is 24.6. The molecule has 0 aromatic carbocycles. The highest BCUT2D eigenvalue weighted by Crippen LogP contribution is 2.26. The molecule has 0 spiro atoms. The zero-order valence-corrected chi connectivity index (χ0v) is 11.3. The lowest BCUT2D eigenvalue weighted by Gasteiger charge is -2.37. The van der Waals surface area contributed by atoms with Crippen LogP contribution >= 0.6 is 0 Å². The minimum atomic E-state index is 0.0982. The van der Waals surface area contributed by atoms with E-state index in [0.717, 1.165) is 18.8 Å². The lowest BCUT2D eigenvalue weighted by molar-refractivity contribution is -0.123. The number of nitrogens with zero attached hydrogens (tertiary/aromatic N) is 3. The monoisotopic (exact) mass is 251 g/mol. The summed E-state index contributed by atoms with van der Waals surface area (Å²) >= 11 is 0. The SMILES string of the molecule is COCCn1cc(N2CCC(=O)C(C)C2C)cn1. The number of carbonyl (C=O) groups excluding carboxylic acids is 1. The van der Waals surface area contributed by atoms with Crippen molar-refractivity contribution in [1.29, 1.82) is 0 Å². The van der Waals surface area contributed by atoms with Gasteiger partial charge in [0.2, 0.25) is 0 Å². The van der Waals surface area contributed by atoms with Gasteiger partial charge in [-0.05, 0) is 6.92 Å². The summed E-state index contributed by atoms with van der Waals surface area (Å²) < 4.78 is 6.92. The number of ether oxygens (including phenoxy) is 1. The Balaban J connectivity index is 2.06. The van der Waals surface area contributed by atoms with Crippen LogP contribution in [0.25, 0.3) is 0 Å². The molecule has 1 aromatic heterocycles. The summed E-state index contributed by atoms with van der Waals surface area (Å²) in [7, 11) is 1.68. The van der Waals surface area contributed by atoms with Gasteiger partial charge in [-0.15, -0.1) is 0 Å². The van der Waals surface area contributed by atoms with Crippen molar-refractivity contribution in [3.05, 3.63) is 12.4 Å². The smallest absolute Gasteiger partial charge is 0.139 e. The number of methoxy groups -OCH3 is 1. The molecule has 2 rings (SSSR count). The number of ketones is 1. The number of anilines is 1. The van der Waals surface area contributed by atoms with Crippen molar-refractivity contribution in [2.75, 3.05) is 25.2 Å². The van der Waals surface area contributed by atoms with E-state index in [0.29, 0.717) is 18.8 Å². The summed E-state index contributed by atoms with van der Waals surface area (Å²) in [6.07, 6.45) is 4.53. The van der Waals surface area contributed by atoms with E-state index in [1.807, 2.05) is 24.0 Å². The molecule has 1 aromatic rings. The molecule has 1 saturated heterocycles. The summed E-state index contributed by atoms with van der Waals surface area (Å²) in [5, 5.41) is 4.32. The average Bonchev–Trinajstić information content (AvgIpc) is 2.82. The van der Waals surface area contributed by atoms with Crippen LogP contribution in [0.15, 0.2) is 12.4 Å². The van der Waals surface area contributed by atoms with Crippen molar-refractivity contribution >= 4 is 11.5 Å². The van der Waals surface area contributed by atoms with Crippen LogP contribution in [0.5, 0.6) is 0 Å². The molecule has 1 aliphatic heterocycles. The molecule has 2 atom stereocenters. The quantitative estimate of drug-likeness (QED) is 0.810. The first-order chi connectivity index (χ1) is 8.63. The van der Waals surface area contributed by atoms with E-state index in [4.69, 9.17) is 4.74 Å². The number of rotatable bonds is 4. The summed E-state index contributed by atoms with van der Waals surface area (Å²) in [5.74, 6) is 0.464. The number of piperidine rings is 1. The van der Waals surface area contributed by atoms with Gasteiger partial charge in [0.05, 0.1) is 25.0 Å². The molecule has 100 valence electrons. The number of Topliss-reactive ketones (excluding diaryl/α,β-unsaturated/α-hetero) is 1.